The molecule has 0 amide bonds. The zero-order valence-corrected chi connectivity index (χ0v) is 9.85. The van der Waals surface area contributed by atoms with Gasteiger partial charge in [-0.3, -0.25) is 0 Å². The van der Waals surface area contributed by atoms with Gasteiger partial charge in [0.05, 0.1) is 0 Å². The van der Waals surface area contributed by atoms with Crippen molar-refractivity contribution in [2.24, 2.45) is 0 Å². The molecule has 0 aliphatic rings. The van der Waals surface area contributed by atoms with E-state index in [0.29, 0.717) is 0 Å². The van der Waals surface area contributed by atoms with Gasteiger partial charge >= 0.3 is 68.6 Å². The molecule has 0 saturated carbocycles. The van der Waals surface area contributed by atoms with E-state index in [9.17, 15) is 0 Å². The van der Waals surface area contributed by atoms with Crippen molar-refractivity contribution in [1.29, 1.82) is 0 Å². The Morgan fingerprint density at radius 3 is 2.33 bits per heavy atom. The Hall–Kier alpha value is 2.65. The molecule has 0 aromatic rings. The molecule has 0 bridgehead atoms. The second-order valence-electron chi connectivity index (χ2n) is 0.279. The predicted molar refractivity (Wildman–Crippen MR) is 31.8 cm³/mol. The summed E-state index contributed by atoms with van der Waals surface area (Å²) in [6, 6.07) is 0. The van der Waals surface area contributed by atoms with E-state index in [1.54, 1.807) is 0 Å². The second kappa shape index (κ2) is 7.65. The summed E-state index contributed by atoms with van der Waals surface area (Å²) in [6.45, 7) is 0. The summed E-state index contributed by atoms with van der Waals surface area (Å²) in [5.74, 6) is 0. The molecule has 0 rings (SSSR count). The van der Waals surface area contributed by atoms with Crippen LogP contribution in [0, 0.1) is 0 Å². The number of hydrogen-bond acceptors (Lipinski definition) is 4. The van der Waals surface area contributed by atoms with Crippen molar-refractivity contribution < 1.29 is 31.5 Å². The van der Waals surface area contributed by atoms with Gasteiger partial charge in [0.1, 0.15) is 0 Å². The van der Waals surface area contributed by atoms with E-state index < -0.39 is 0 Å². The first-order chi connectivity index (χ1) is 2.91. The summed E-state index contributed by atoms with van der Waals surface area (Å²) in [5, 5.41) is 0. The molecule has 0 saturated heterocycles. The van der Waals surface area contributed by atoms with Gasteiger partial charge in [-0.05, 0) is 0 Å². The molecule has 0 radical (unpaired) electrons. The van der Waals surface area contributed by atoms with Crippen molar-refractivity contribution in [3.63, 3.8) is 0 Å². The molecule has 0 N–H and O–H groups in total. The normalized spacial score (nSPS) is 8.17. The van der Waals surface area contributed by atoms with Crippen LogP contribution in [0.5, 0.6) is 0 Å². The van der Waals surface area contributed by atoms with Gasteiger partial charge in [0.15, 0.2) is 0 Å². The van der Waals surface area contributed by atoms with Crippen LogP contribution in [0.4, 0.5) is 0 Å². The Kier molecular flexibility index (Phi) is 11.0. The molecule has 0 unspecified atom stereocenters. The molecule has 37 valence electrons. The summed E-state index contributed by atoms with van der Waals surface area (Å²) < 4.78 is 0. The Labute approximate surface area is 67.4 Å². The molecule has 0 aromatic heterocycles. The van der Waals surface area contributed by atoms with Crippen molar-refractivity contribution in [2.45, 2.75) is 0 Å². The van der Waals surface area contributed by atoms with E-state index >= 15 is 0 Å². The maximum atomic E-state index is 4.78. The van der Waals surface area contributed by atoms with Crippen molar-refractivity contribution in [1.82, 2.24) is 0 Å². The fourth-order valence-electron chi connectivity index (χ4n) is 0.0238. The zero-order valence-electron chi connectivity index (χ0n) is 2.49. The molecule has 6 heteroatoms. The average Bonchev–Trinajstić information content (AvgIpc) is 1.61. The van der Waals surface area contributed by atoms with E-state index in [1.807, 2.05) is 17.0 Å². The predicted octanol–water partition coefficient (Wildman–Crippen LogP) is 2.32. The van der Waals surface area contributed by atoms with Gasteiger partial charge < -0.3 is 0 Å². The van der Waals surface area contributed by atoms with Crippen LogP contribution in [0.25, 0.3) is 0 Å². The molecule has 0 heterocycles. The van der Waals surface area contributed by atoms with E-state index in [1.165, 1.54) is 0 Å². The van der Waals surface area contributed by atoms with Crippen LogP contribution in [0.3, 0.4) is 0 Å². The quantitative estimate of drug-likeness (QED) is 0.367. The fourth-order valence-corrected chi connectivity index (χ4v) is 22.5. The molecule has 0 aromatic carbocycles. The monoisotopic (exact) mass is 325 g/mol. The molecule has 0 spiro atoms. The first-order valence-corrected chi connectivity index (χ1v) is 13.6. The molecular formula is HMo2S4. The maximum absolute atomic E-state index is 4.78. The third-order valence-corrected chi connectivity index (χ3v) is 18.0. The van der Waals surface area contributed by atoms with E-state index in [4.69, 9.17) is 9.82 Å². The second-order valence-corrected chi connectivity index (χ2v) is 14.8. The summed E-state index contributed by atoms with van der Waals surface area (Å²) in [4.78, 5) is 0. The molecule has 0 nitrogen and oxygen atoms in total. The van der Waals surface area contributed by atoms with E-state index in [2.05, 4.69) is 10.3 Å². The Morgan fingerprint density at radius 1 is 1.50 bits per heavy atom. The minimum absolute atomic E-state index is 0.00383. The van der Waals surface area contributed by atoms with E-state index in [0.717, 1.165) is 0 Å². The molecule has 0 fully saturated rings. The zero-order chi connectivity index (χ0) is 4.83. The average molecular weight is 321 g/mol. The Balaban J connectivity index is 2.49. The molecule has 0 aliphatic carbocycles. The first kappa shape index (κ1) is 8.65. The summed E-state index contributed by atoms with van der Waals surface area (Å²) in [5.41, 5.74) is 0. The first-order valence-electron chi connectivity index (χ1n) is 0.849. The van der Waals surface area contributed by atoms with Gasteiger partial charge in [-0.1, -0.05) is 0 Å². The molecule has 6 heavy (non-hydrogen) atoms. The SMILES string of the molecule is [S]=[Mo][S][S][Mo][SH]. The van der Waals surface area contributed by atoms with Crippen molar-refractivity contribution in [2.75, 3.05) is 0 Å². The number of rotatable bonds is 3. The van der Waals surface area contributed by atoms with Gasteiger partial charge in [0.2, 0.25) is 0 Å². The van der Waals surface area contributed by atoms with Crippen LogP contribution < -0.4 is 0 Å². The van der Waals surface area contributed by atoms with Crippen molar-refractivity contribution in [3.8, 4) is 0 Å². The van der Waals surface area contributed by atoms with E-state index in [-0.39, 0.29) is 31.5 Å². The van der Waals surface area contributed by atoms with Crippen LogP contribution in [-0.4, -0.2) is 0 Å². The standard InChI is InChI=1S/2Mo.S2.H2S.S/c;;1-2;;/h;;;1H2;/q+1;+2;-2;;/p-1. The van der Waals surface area contributed by atoms with Crippen molar-refractivity contribution in [3.05, 3.63) is 0 Å². The minimum atomic E-state index is -0.0895. The molecule has 0 atom stereocenters. The van der Waals surface area contributed by atoms with Crippen LogP contribution in [0.2, 0.25) is 0 Å². The van der Waals surface area contributed by atoms with Crippen LogP contribution in [0.1, 0.15) is 0 Å². The van der Waals surface area contributed by atoms with Crippen LogP contribution >= 0.6 is 37.2 Å². The Morgan fingerprint density at radius 2 is 2.17 bits per heavy atom. The molecule has 0 aliphatic heterocycles. The summed E-state index contributed by atoms with van der Waals surface area (Å²) in [6.07, 6.45) is 0. The summed E-state index contributed by atoms with van der Waals surface area (Å²) >= 11 is -0.0857. The fraction of sp³-hybridized carbons (Fsp3) is 0. The number of thiol groups is 1. The van der Waals surface area contributed by atoms with Gasteiger partial charge in [0, 0.05) is 0 Å². The van der Waals surface area contributed by atoms with Crippen LogP contribution in [0.15, 0.2) is 0 Å². The Bertz CT molecular complexity index is 34.5. The van der Waals surface area contributed by atoms with Gasteiger partial charge in [0.25, 0.3) is 0 Å². The van der Waals surface area contributed by atoms with Gasteiger partial charge in [-0.15, -0.1) is 0 Å². The third kappa shape index (κ3) is 6.65. The van der Waals surface area contributed by atoms with Gasteiger partial charge in [-0.2, -0.15) is 0 Å². The third-order valence-electron chi connectivity index (χ3n) is 0.0860. The molecular weight excluding hydrogens is 320 g/mol. The van der Waals surface area contributed by atoms with Gasteiger partial charge in [-0.25, -0.2) is 0 Å². The van der Waals surface area contributed by atoms with Crippen LogP contribution in [-0.2, 0) is 31.5 Å². The number of hydrogen-bond donors (Lipinski definition) is 1. The van der Waals surface area contributed by atoms with Crippen molar-refractivity contribution >= 4 is 37.2 Å². The summed E-state index contributed by atoms with van der Waals surface area (Å²) in [7, 11) is 12.6. The topological polar surface area (TPSA) is 0 Å².